The van der Waals surface area contributed by atoms with Crippen LogP contribution in [0.3, 0.4) is 0 Å². The lowest BCUT2D eigenvalue weighted by molar-refractivity contribution is 0.524. The molecule has 1 aromatic heterocycles. The number of hydrogen-bond acceptors (Lipinski definition) is 2. The summed E-state index contributed by atoms with van der Waals surface area (Å²) < 4.78 is 6.94. The van der Waals surface area contributed by atoms with Gasteiger partial charge in [0.1, 0.15) is 11.3 Å². The van der Waals surface area contributed by atoms with Crippen LogP contribution in [0.2, 0.25) is 5.02 Å². The lowest BCUT2D eigenvalue weighted by Gasteiger charge is -2.10. The first-order valence-corrected chi connectivity index (χ1v) is 7.30. The van der Waals surface area contributed by atoms with Crippen molar-refractivity contribution in [3.05, 3.63) is 68.4 Å². The summed E-state index contributed by atoms with van der Waals surface area (Å²) in [6, 6.07) is 15.3. The molecule has 3 rings (SSSR count). The van der Waals surface area contributed by atoms with Gasteiger partial charge < -0.3 is 10.2 Å². The van der Waals surface area contributed by atoms with E-state index >= 15 is 0 Å². The number of hydrogen-bond donors (Lipinski definition) is 1. The van der Waals surface area contributed by atoms with Gasteiger partial charge in [0.15, 0.2) is 0 Å². The molecule has 0 saturated heterocycles. The molecule has 0 bridgehead atoms. The van der Waals surface area contributed by atoms with Gasteiger partial charge in [0.2, 0.25) is 0 Å². The first-order chi connectivity index (χ1) is 9.15. The van der Waals surface area contributed by atoms with Crippen LogP contribution >= 0.6 is 34.2 Å². The molecule has 1 atom stereocenters. The van der Waals surface area contributed by atoms with Crippen molar-refractivity contribution in [2.45, 2.75) is 6.04 Å². The number of nitrogens with two attached hydrogens (primary N) is 1. The van der Waals surface area contributed by atoms with Crippen molar-refractivity contribution in [1.82, 2.24) is 0 Å². The Morgan fingerprint density at radius 2 is 1.89 bits per heavy atom. The summed E-state index contributed by atoms with van der Waals surface area (Å²) >= 11 is 8.26. The van der Waals surface area contributed by atoms with Crippen molar-refractivity contribution >= 4 is 45.2 Å². The predicted molar refractivity (Wildman–Crippen MR) is 86.4 cm³/mol. The molecule has 0 spiro atoms. The average Bonchev–Trinajstić information content (AvgIpc) is 2.81. The van der Waals surface area contributed by atoms with Crippen LogP contribution in [0, 0.1) is 3.57 Å². The van der Waals surface area contributed by atoms with E-state index in [9.17, 15) is 0 Å². The van der Waals surface area contributed by atoms with E-state index in [0.717, 1.165) is 25.9 Å². The molecule has 3 aromatic rings. The molecule has 19 heavy (non-hydrogen) atoms. The summed E-state index contributed by atoms with van der Waals surface area (Å²) in [6.45, 7) is 0. The lowest BCUT2D eigenvalue weighted by Crippen LogP contribution is -2.12. The van der Waals surface area contributed by atoms with E-state index < -0.39 is 0 Å². The molecule has 0 fully saturated rings. The van der Waals surface area contributed by atoms with Gasteiger partial charge in [0.25, 0.3) is 0 Å². The number of rotatable bonds is 2. The Balaban J connectivity index is 2.07. The third-order valence-electron chi connectivity index (χ3n) is 3.04. The van der Waals surface area contributed by atoms with Gasteiger partial charge in [-0.15, -0.1) is 0 Å². The van der Waals surface area contributed by atoms with Crippen molar-refractivity contribution in [3.63, 3.8) is 0 Å². The average molecular weight is 384 g/mol. The Bertz CT molecular complexity index is 738. The number of halogens is 2. The van der Waals surface area contributed by atoms with Crippen LogP contribution in [0.25, 0.3) is 11.0 Å². The first-order valence-electron chi connectivity index (χ1n) is 5.84. The highest BCUT2D eigenvalue weighted by molar-refractivity contribution is 14.1. The van der Waals surface area contributed by atoms with Gasteiger partial charge in [-0.3, -0.25) is 0 Å². The van der Waals surface area contributed by atoms with E-state index in [-0.39, 0.29) is 6.04 Å². The maximum Gasteiger partial charge on any atom is 0.134 e. The van der Waals surface area contributed by atoms with Crippen molar-refractivity contribution in [2.75, 3.05) is 0 Å². The number of furan rings is 1. The minimum Gasteiger partial charge on any atom is -0.459 e. The van der Waals surface area contributed by atoms with Crippen LogP contribution in [0.15, 0.2) is 52.9 Å². The van der Waals surface area contributed by atoms with Crippen molar-refractivity contribution in [2.24, 2.45) is 5.73 Å². The second-order valence-electron chi connectivity index (χ2n) is 4.33. The molecule has 0 aliphatic carbocycles. The molecule has 4 heteroatoms. The quantitative estimate of drug-likeness (QED) is 0.649. The molecule has 1 heterocycles. The normalized spacial score (nSPS) is 12.8. The third kappa shape index (κ3) is 2.50. The molecular weight excluding hydrogens is 373 g/mol. The molecule has 2 nitrogen and oxygen atoms in total. The second-order valence-corrected chi connectivity index (χ2v) is 5.93. The molecule has 0 saturated carbocycles. The van der Waals surface area contributed by atoms with Gasteiger partial charge in [0.05, 0.1) is 6.04 Å². The minimum atomic E-state index is -0.265. The van der Waals surface area contributed by atoms with E-state index in [4.69, 9.17) is 21.8 Å². The molecule has 1 unspecified atom stereocenters. The smallest absolute Gasteiger partial charge is 0.134 e. The fourth-order valence-electron chi connectivity index (χ4n) is 2.07. The summed E-state index contributed by atoms with van der Waals surface area (Å²) in [5.74, 6) is 0.751. The van der Waals surface area contributed by atoms with Crippen molar-refractivity contribution < 1.29 is 4.42 Å². The summed E-state index contributed by atoms with van der Waals surface area (Å²) in [7, 11) is 0. The largest absolute Gasteiger partial charge is 0.459 e. The summed E-state index contributed by atoms with van der Waals surface area (Å²) in [5.41, 5.74) is 8.16. The van der Waals surface area contributed by atoms with Crippen LogP contribution in [0.4, 0.5) is 0 Å². The standard InChI is InChI=1S/C15H11ClINO/c16-10-5-6-13-9(7-10)8-14(19-13)15(18)11-3-1-2-4-12(11)17/h1-8,15H,18H2. The summed E-state index contributed by atoms with van der Waals surface area (Å²) in [4.78, 5) is 0. The topological polar surface area (TPSA) is 39.2 Å². The highest BCUT2D eigenvalue weighted by Crippen LogP contribution is 2.30. The maximum absolute atomic E-state index is 6.29. The minimum absolute atomic E-state index is 0.265. The van der Waals surface area contributed by atoms with Crippen LogP contribution in [0.1, 0.15) is 17.4 Å². The molecule has 96 valence electrons. The first kappa shape index (κ1) is 13.0. The van der Waals surface area contributed by atoms with Crippen LogP contribution in [-0.4, -0.2) is 0 Å². The summed E-state index contributed by atoms with van der Waals surface area (Å²) in [6.07, 6.45) is 0. The SMILES string of the molecule is NC(c1cc2cc(Cl)ccc2o1)c1ccccc1I. The maximum atomic E-state index is 6.29. The van der Waals surface area contributed by atoms with Gasteiger partial charge in [-0.1, -0.05) is 29.8 Å². The molecule has 0 amide bonds. The Labute approximate surface area is 129 Å². The molecule has 0 aliphatic heterocycles. The van der Waals surface area contributed by atoms with E-state index in [2.05, 4.69) is 22.6 Å². The Hall–Kier alpha value is -1.04. The lowest BCUT2D eigenvalue weighted by atomic mass is 10.1. The molecule has 2 N–H and O–H groups in total. The van der Waals surface area contributed by atoms with Crippen LogP contribution in [-0.2, 0) is 0 Å². The number of fused-ring (bicyclic) bond motifs is 1. The van der Waals surface area contributed by atoms with E-state index in [1.54, 1.807) is 0 Å². The zero-order chi connectivity index (χ0) is 13.4. The third-order valence-corrected chi connectivity index (χ3v) is 4.26. The fourth-order valence-corrected chi connectivity index (χ4v) is 2.97. The zero-order valence-corrected chi connectivity index (χ0v) is 12.9. The Morgan fingerprint density at radius 3 is 2.68 bits per heavy atom. The monoisotopic (exact) mass is 383 g/mol. The molecule has 0 radical (unpaired) electrons. The van der Waals surface area contributed by atoms with E-state index in [1.807, 2.05) is 48.5 Å². The van der Waals surface area contributed by atoms with E-state index in [0.29, 0.717) is 5.02 Å². The highest BCUT2D eigenvalue weighted by Gasteiger charge is 2.16. The van der Waals surface area contributed by atoms with E-state index in [1.165, 1.54) is 0 Å². The number of benzene rings is 2. The van der Waals surface area contributed by atoms with Gasteiger partial charge in [0, 0.05) is 14.0 Å². The van der Waals surface area contributed by atoms with Crippen molar-refractivity contribution in [1.29, 1.82) is 0 Å². The van der Waals surface area contributed by atoms with Gasteiger partial charge in [-0.25, -0.2) is 0 Å². The van der Waals surface area contributed by atoms with Gasteiger partial charge in [-0.05, 0) is 58.5 Å². The Morgan fingerprint density at radius 1 is 1.11 bits per heavy atom. The van der Waals surface area contributed by atoms with Gasteiger partial charge >= 0.3 is 0 Å². The van der Waals surface area contributed by atoms with Gasteiger partial charge in [-0.2, -0.15) is 0 Å². The molecular formula is C15H11ClINO. The predicted octanol–water partition coefficient (Wildman–Crippen LogP) is 4.74. The zero-order valence-electron chi connectivity index (χ0n) is 9.94. The second kappa shape index (κ2) is 5.15. The molecule has 0 aliphatic rings. The molecule has 2 aromatic carbocycles. The fraction of sp³-hybridized carbons (Fsp3) is 0.0667. The summed E-state index contributed by atoms with van der Waals surface area (Å²) in [5, 5.41) is 1.67. The highest BCUT2D eigenvalue weighted by atomic mass is 127. The van der Waals surface area contributed by atoms with Crippen LogP contribution in [0.5, 0.6) is 0 Å². The Kier molecular flexibility index (Phi) is 3.52. The van der Waals surface area contributed by atoms with Crippen molar-refractivity contribution in [3.8, 4) is 0 Å². The van der Waals surface area contributed by atoms with Crippen LogP contribution < -0.4 is 5.73 Å².